The lowest BCUT2D eigenvalue weighted by Gasteiger charge is -2.17. The molecule has 0 aliphatic heterocycles. The summed E-state index contributed by atoms with van der Waals surface area (Å²) in [6.45, 7) is 5.01. The summed E-state index contributed by atoms with van der Waals surface area (Å²) in [4.78, 5) is 12.3. The van der Waals surface area contributed by atoms with Crippen LogP contribution in [0.2, 0.25) is 0 Å². The summed E-state index contributed by atoms with van der Waals surface area (Å²) in [5.41, 5.74) is 0.199. The van der Waals surface area contributed by atoms with Gasteiger partial charge in [-0.25, -0.2) is 0 Å². The van der Waals surface area contributed by atoms with Crippen molar-refractivity contribution in [3.8, 4) is 17.6 Å². The molecule has 1 aromatic rings. The van der Waals surface area contributed by atoms with E-state index in [1.807, 2.05) is 13.0 Å². The SMILES string of the molecule is COc1cc(C)c(C(=O)C(C)(C)C#N)cc1OC. The molecule has 0 aliphatic carbocycles. The Balaban J connectivity index is 3.35. The van der Waals surface area contributed by atoms with Crippen molar-refractivity contribution in [3.05, 3.63) is 23.3 Å². The monoisotopic (exact) mass is 247 g/mol. The van der Waals surface area contributed by atoms with Crippen LogP contribution in [0.15, 0.2) is 12.1 Å². The van der Waals surface area contributed by atoms with Crippen LogP contribution in [0.1, 0.15) is 29.8 Å². The second-order valence-corrected chi connectivity index (χ2v) is 4.59. The van der Waals surface area contributed by atoms with Gasteiger partial charge in [0.05, 0.1) is 20.3 Å². The Morgan fingerprint density at radius 2 is 1.72 bits per heavy atom. The Bertz CT molecular complexity index is 513. The predicted octanol–water partition coefficient (Wildman–Crippen LogP) is 2.74. The number of ketones is 1. The Morgan fingerprint density at radius 3 is 2.17 bits per heavy atom. The molecule has 96 valence electrons. The first-order valence-electron chi connectivity index (χ1n) is 5.56. The lowest BCUT2D eigenvalue weighted by atomic mass is 9.84. The summed E-state index contributed by atoms with van der Waals surface area (Å²) >= 11 is 0. The van der Waals surface area contributed by atoms with Gasteiger partial charge >= 0.3 is 0 Å². The van der Waals surface area contributed by atoms with Crippen LogP contribution in [-0.4, -0.2) is 20.0 Å². The van der Waals surface area contributed by atoms with Crippen molar-refractivity contribution in [2.24, 2.45) is 5.41 Å². The van der Waals surface area contributed by atoms with Crippen LogP contribution in [0.3, 0.4) is 0 Å². The zero-order chi connectivity index (χ0) is 13.9. The molecule has 0 radical (unpaired) electrons. The third kappa shape index (κ3) is 2.45. The normalized spacial score (nSPS) is 10.7. The van der Waals surface area contributed by atoms with Crippen LogP contribution in [0.5, 0.6) is 11.5 Å². The summed E-state index contributed by atoms with van der Waals surface area (Å²) in [7, 11) is 3.05. The van der Waals surface area contributed by atoms with Gasteiger partial charge in [-0.05, 0) is 38.5 Å². The van der Waals surface area contributed by atoms with E-state index in [1.165, 1.54) is 14.2 Å². The standard InChI is InChI=1S/C14H17NO3/c1-9-6-11(17-4)12(18-5)7-10(9)13(16)14(2,3)8-15/h6-7H,1-5H3. The predicted molar refractivity (Wildman–Crippen MR) is 68.0 cm³/mol. The number of aryl methyl sites for hydroxylation is 1. The minimum atomic E-state index is -1.05. The number of carbonyl (C=O) groups excluding carboxylic acids is 1. The van der Waals surface area contributed by atoms with Crippen molar-refractivity contribution in [2.45, 2.75) is 20.8 Å². The van der Waals surface area contributed by atoms with Crippen molar-refractivity contribution < 1.29 is 14.3 Å². The minimum Gasteiger partial charge on any atom is -0.493 e. The summed E-state index contributed by atoms with van der Waals surface area (Å²) in [6, 6.07) is 5.37. The van der Waals surface area contributed by atoms with Gasteiger partial charge in [0.25, 0.3) is 0 Å². The van der Waals surface area contributed by atoms with Gasteiger partial charge in [0, 0.05) is 5.56 Å². The van der Waals surface area contributed by atoms with Gasteiger partial charge in [0.1, 0.15) is 5.41 Å². The average molecular weight is 247 g/mol. The Kier molecular flexibility index (Phi) is 3.97. The van der Waals surface area contributed by atoms with E-state index in [-0.39, 0.29) is 5.78 Å². The van der Waals surface area contributed by atoms with Crippen molar-refractivity contribution in [3.63, 3.8) is 0 Å². The fourth-order valence-electron chi connectivity index (χ4n) is 1.61. The summed E-state index contributed by atoms with van der Waals surface area (Å²) in [6.07, 6.45) is 0. The van der Waals surface area contributed by atoms with Gasteiger partial charge in [0.15, 0.2) is 17.3 Å². The fourth-order valence-corrected chi connectivity index (χ4v) is 1.61. The minimum absolute atomic E-state index is 0.219. The summed E-state index contributed by atoms with van der Waals surface area (Å²) in [5.74, 6) is 0.838. The Morgan fingerprint density at radius 1 is 1.22 bits per heavy atom. The number of rotatable bonds is 4. The molecule has 0 amide bonds. The maximum absolute atomic E-state index is 12.3. The molecule has 4 nitrogen and oxygen atoms in total. The van der Waals surface area contributed by atoms with Gasteiger partial charge in [-0.2, -0.15) is 5.26 Å². The average Bonchev–Trinajstić information content (AvgIpc) is 2.37. The number of Topliss-reactive ketones (excluding diaryl/α,β-unsaturated/α-hetero) is 1. The smallest absolute Gasteiger partial charge is 0.182 e. The molecule has 0 atom stereocenters. The maximum Gasteiger partial charge on any atom is 0.182 e. The molecule has 1 rings (SSSR count). The molecular weight excluding hydrogens is 230 g/mol. The van der Waals surface area contributed by atoms with Crippen LogP contribution in [-0.2, 0) is 0 Å². The molecule has 0 saturated carbocycles. The molecule has 0 N–H and O–H groups in total. The van der Waals surface area contributed by atoms with Crippen molar-refractivity contribution in [2.75, 3.05) is 14.2 Å². The highest BCUT2D eigenvalue weighted by molar-refractivity contribution is 6.03. The van der Waals surface area contributed by atoms with E-state index >= 15 is 0 Å². The van der Waals surface area contributed by atoms with Gasteiger partial charge in [0.2, 0.25) is 0 Å². The second-order valence-electron chi connectivity index (χ2n) is 4.59. The van der Waals surface area contributed by atoms with Crippen LogP contribution < -0.4 is 9.47 Å². The molecule has 0 aliphatic rings. The number of benzene rings is 1. The van der Waals surface area contributed by atoms with Crippen LogP contribution >= 0.6 is 0 Å². The van der Waals surface area contributed by atoms with Crippen LogP contribution in [0.25, 0.3) is 0 Å². The second kappa shape index (κ2) is 5.09. The van der Waals surface area contributed by atoms with E-state index in [0.29, 0.717) is 17.1 Å². The van der Waals surface area contributed by atoms with E-state index in [2.05, 4.69) is 0 Å². The van der Waals surface area contributed by atoms with Gasteiger partial charge in [-0.3, -0.25) is 4.79 Å². The highest BCUT2D eigenvalue weighted by Gasteiger charge is 2.30. The molecule has 0 spiro atoms. The summed E-state index contributed by atoms with van der Waals surface area (Å²) < 4.78 is 10.3. The van der Waals surface area contributed by atoms with Gasteiger partial charge in [-0.15, -0.1) is 0 Å². The quantitative estimate of drug-likeness (QED) is 0.767. The first-order valence-corrected chi connectivity index (χ1v) is 5.56. The molecular formula is C14H17NO3. The highest BCUT2D eigenvalue weighted by Crippen LogP contribution is 2.33. The zero-order valence-electron chi connectivity index (χ0n) is 11.3. The number of methoxy groups -OCH3 is 2. The number of carbonyl (C=O) groups is 1. The maximum atomic E-state index is 12.3. The lowest BCUT2D eigenvalue weighted by Crippen LogP contribution is -2.23. The van der Waals surface area contributed by atoms with Gasteiger partial charge < -0.3 is 9.47 Å². The third-order valence-electron chi connectivity index (χ3n) is 2.82. The molecule has 0 fully saturated rings. The Labute approximate surface area is 107 Å². The highest BCUT2D eigenvalue weighted by atomic mass is 16.5. The molecule has 18 heavy (non-hydrogen) atoms. The number of hydrogen-bond donors (Lipinski definition) is 0. The number of nitrogens with zero attached hydrogens (tertiary/aromatic N) is 1. The summed E-state index contributed by atoms with van der Waals surface area (Å²) in [5, 5.41) is 9.02. The first kappa shape index (κ1) is 14.0. The molecule has 4 heteroatoms. The lowest BCUT2D eigenvalue weighted by molar-refractivity contribution is 0.0891. The van der Waals surface area contributed by atoms with Gasteiger partial charge in [-0.1, -0.05) is 0 Å². The third-order valence-corrected chi connectivity index (χ3v) is 2.82. The number of ether oxygens (including phenoxy) is 2. The van der Waals surface area contributed by atoms with E-state index in [0.717, 1.165) is 5.56 Å². The van der Waals surface area contributed by atoms with Crippen molar-refractivity contribution >= 4 is 5.78 Å². The van der Waals surface area contributed by atoms with E-state index in [1.54, 1.807) is 26.0 Å². The number of hydrogen-bond acceptors (Lipinski definition) is 4. The molecule has 0 unspecified atom stereocenters. The fraction of sp³-hybridized carbons (Fsp3) is 0.429. The largest absolute Gasteiger partial charge is 0.493 e. The number of nitriles is 1. The van der Waals surface area contributed by atoms with E-state index < -0.39 is 5.41 Å². The molecule has 0 bridgehead atoms. The Hall–Kier alpha value is -2.02. The van der Waals surface area contributed by atoms with E-state index in [9.17, 15) is 4.79 Å². The van der Waals surface area contributed by atoms with Crippen LogP contribution in [0.4, 0.5) is 0 Å². The van der Waals surface area contributed by atoms with E-state index in [4.69, 9.17) is 14.7 Å². The zero-order valence-corrected chi connectivity index (χ0v) is 11.3. The molecule has 0 heterocycles. The first-order chi connectivity index (χ1) is 8.37. The van der Waals surface area contributed by atoms with Crippen LogP contribution in [0, 0.1) is 23.7 Å². The topological polar surface area (TPSA) is 59.3 Å². The van der Waals surface area contributed by atoms with Crippen molar-refractivity contribution in [1.82, 2.24) is 0 Å². The molecule has 0 saturated heterocycles. The van der Waals surface area contributed by atoms with Crippen molar-refractivity contribution in [1.29, 1.82) is 5.26 Å². The molecule has 1 aromatic carbocycles. The molecule has 0 aromatic heterocycles.